The number of aromatic nitrogens is 2. The Morgan fingerprint density at radius 2 is 2.18 bits per heavy atom. The molecule has 1 atom stereocenters. The van der Waals surface area contributed by atoms with Gasteiger partial charge in [0.25, 0.3) is 11.6 Å². The molecule has 0 aliphatic rings. The Morgan fingerprint density at radius 1 is 1.45 bits per heavy atom. The van der Waals surface area contributed by atoms with Crippen LogP contribution in [-0.4, -0.2) is 38.4 Å². The van der Waals surface area contributed by atoms with Crippen molar-refractivity contribution in [3.8, 4) is 5.69 Å². The maximum atomic E-state index is 12.0. The van der Waals surface area contributed by atoms with Gasteiger partial charge in [0.15, 0.2) is 5.69 Å². The van der Waals surface area contributed by atoms with Crippen molar-refractivity contribution in [2.24, 2.45) is 0 Å². The number of aliphatic hydroxyl groups excluding tert-OH is 1. The van der Waals surface area contributed by atoms with Crippen LogP contribution >= 0.6 is 0 Å². The van der Waals surface area contributed by atoms with E-state index in [0.29, 0.717) is 6.42 Å². The van der Waals surface area contributed by atoms with E-state index in [-0.39, 0.29) is 29.7 Å². The summed E-state index contributed by atoms with van der Waals surface area (Å²) in [6.07, 6.45) is 1.94. The third-order valence-corrected chi connectivity index (χ3v) is 3.09. The van der Waals surface area contributed by atoms with Gasteiger partial charge in [0, 0.05) is 24.9 Å². The van der Waals surface area contributed by atoms with Gasteiger partial charge in [-0.05, 0) is 25.5 Å². The molecule has 1 aromatic heterocycles. The molecular formula is C14H16N4O4. The lowest BCUT2D eigenvalue weighted by Crippen LogP contribution is -2.33. The Kier molecular flexibility index (Phi) is 4.84. The smallest absolute Gasteiger partial charge is 0.294 e. The molecule has 0 saturated carbocycles. The van der Waals surface area contributed by atoms with Crippen molar-refractivity contribution < 1.29 is 14.8 Å². The van der Waals surface area contributed by atoms with Crippen molar-refractivity contribution in [1.29, 1.82) is 0 Å². The predicted molar refractivity (Wildman–Crippen MR) is 78.8 cm³/mol. The largest absolute Gasteiger partial charge is 0.396 e. The summed E-state index contributed by atoms with van der Waals surface area (Å²) in [6, 6.07) is 7.45. The lowest BCUT2D eigenvalue weighted by atomic mass is 10.2. The minimum absolute atomic E-state index is 0.0217. The molecule has 2 aromatic rings. The molecule has 2 rings (SSSR count). The molecular weight excluding hydrogens is 288 g/mol. The molecule has 1 aromatic carbocycles. The highest BCUT2D eigenvalue weighted by molar-refractivity contribution is 5.92. The number of carbonyl (C=O) groups is 1. The molecule has 8 nitrogen and oxygen atoms in total. The Labute approximate surface area is 126 Å². The van der Waals surface area contributed by atoms with Crippen LogP contribution in [0.4, 0.5) is 5.69 Å². The summed E-state index contributed by atoms with van der Waals surface area (Å²) in [6.45, 7) is 1.75. The van der Waals surface area contributed by atoms with Gasteiger partial charge in [-0.2, -0.15) is 5.10 Å². The van der Waals surface area contributed by atoms with E-state index in [1.165, 1.54) is 23.0 Å². The van der Waals surface area contributed by atoms with Crippen LogP contribution in [0.1, 0.15) is 23.8 Å². The number of nitro benzene ring substituents is 1. The van der Waals surface area contributed by atoms with Gasteiger partial charge < -0.3 is 10.4 Å². The molecule has 2 N–H and O–H groups in total. The maximum absolute atomic E-state index is 12.0. The van der Waals surface area contributed by atoms with Crippen molar-refractivity contribution in [3.63, 3.8) is 0 Å². The summed E-state index contributed by atoms with van der Waals surface area (Å²) in [5.41, 5.74) is 0.351. The number of nitro groups is 1. The Bertz CT molecular complexity index is 683. The van der Waals surface area contributed by atoms with E-state index in [0.717, 1.165) is 0 Å². The van der Waals surface area contributed by atoms with Crippen LogP contribution in [0, 0.1) is 10.1 Å². The number of aliphatic hydroxyl groups is 1. The van der Waals surface area contributed by atoms with E-state index in [9.17, 15) is 14.9 Å². The fourth-order valence-corrected chi connectivity index (χ4v) is 1.96. The minimum Gasteiger partial charge on any atom is -0.396 e. The van der Waals surface area contributed by atoms with E-state index >= 15 is 0 Å². The Hall–Kier alpha value is -2.74. The van der Waals surface area contributed by atoms with Gasteiger partial charge >= 0.3 is 0 Å². The molecule has 0 aliphatic carbocycles. The molecule has 0 spiro atoms. The summed E-state index contributed by atoms with van der Waals surface area (Å²) in [5.74, 6) is -0.390. The van der Waals surface area contributed by atoms with Crippen molar-refractivity contribution in [2.45, 2.75) is 19.4 Å². The molecule has 0 radical (unpaired) electrons. The number of carbonyl (C=O) groups excluding carboxylic acids is 1. The highest BCUT2D eigenvalue weighted by atomic mass is 16.6. The first kappa shape index (κ1) is 15.6. The number of para-hydroxylation sites is 2. The fourth-order valence-electron chi connectivity index (χ4n) is 1.96. The van der Waals surface area contributed by atoms with Crippen LogP contribution < -0.4 is 5.32 Å². The van der Waals surface area contributed by atoms with Crippen molar-refractivity contribution in [1.82, 2.24) is 15.1 Å². The number of nitrogens with one attached hydrogen (secondary N) is 1. The summed E-state index contributed by atoms with van der Waals surface area (Å²) >= 11 is 0. The molecule has 0 bridgehead atoms. The van der Waals surface area contributed by atoms with Crippen LogP contribution in [0.3, 0.4) is 0 Å². The first-order valence-corrected chi connectivity index (χ1v) is 6.74. The zero-order valence-electron chi connectivity index (χ0n) is 12.0. The van der Waals surface area contributed by atoms with E-state index in [4.69, 9.17) is 5.11 Å². The van der Waals surface area contributed by atoms with Crippen LogP contribution in [-0.2, 0) is 0 Å². The zero-order chi connectivity index (χ0) is 16.1. The summed E-state index contributed by atoms with van der Waals surface area (Å²) in [4.78, 5) is 22.5. The highest BCUT2D eigenvalue weighted by Gasteiger charge is 2.17. The first-order valence-electron chi connectivity index (χ1n) is 6.74. The number of rotatable bonds is 6. The van der Waals surface area contributed by atoms with Gasteiger partial charge in [0.2, 0.25) is 0 Å². The molecule has 8 heteroatoms. The van der Waals surface area contributed by atoms with Crippen LogP contribution in [0.15, 0.2) is 36.5 Å². The van der Waals surface area contributed by atoms with Crippen LogP contribution in [0.2, 0.25) is 0 Å². The molecule has 0 unspecified atom stereocenters. The molecule has 1 heterocycles. The average Bonchev–Trinajstić information content (AvgIpc) is 2.97. The van der Waals surface area contributed by atoms with Crippen molar-refractivity contribution in [3.05, 3.63) is 52.3 Å². The lowest BCUT2D eigenvalue weighted by Gasteiger charge is -2.10. The highest BCUT2D eigenvalue weighted by Crippen LogP contribution is 2.21. The monoisotopic (exact) mass is 304 g/mol. The lowest BCUT2D eigenvalue weighted by molar-refractivity contribution is -0.384. The van der Waals surface area contributed by atoms with Gasteiger partial charge in [-0.1, -0.05) is 12.1 Å². The summed E-state index contributed by atoms with van der Waals surface area (Å²) < 4.78 is 1.30. The fraction of sp³-hybridized carbons (Fsp3) is 0.286. The van der Waals surface area contributed by atoms with Crippen LogP contribution in [0.25, 0.3) is 5.69 Å². The third kappa shape index (κ3) is 3.47. The summed E-state index contributed by atoms with van der Waals surface area (Å²) in [5, 5.41) is 26.6. The van der Waals surface area contributed by atoms with Gasteiger partial charge in [0.1, 0.15) is 5.69 Å². The standard InChI is InChI=1S/C14H16N4O4/c1-10(7-9-19)15-14(20)11-6-8-17(16-11)12-4-2-3-5-13(12)18(21)22/h2-6,8,10,19H,7,9H2,1H3,(H,15,20)/t10-/m1/s1. The van der Waals surface area contributed by atoms with Gasteiger partial charge in [-0.25, -0.2) is 4.68 Å². The maximum Gasteiger partial charge on any atom is 0.294 e. The third-order valence-electron chi connectivity index (χ3n) is 3.09. The molecule has 1 amide bonds. The number of benzene rings is 1. The number of nitrogens with zero attached hydrogens (tertiary/aromatic N) is 3. The molecule has 22 heavy (non-hydrogen) atoms. The van der Waals surface area contributed by atoms with Gasteiger partial charge in [0.05, 0.1) is 4.92 Å². The Balaban J connectivity index is 2.22. The minimum atomic E-state index is -0.500. The van der Waals surface area contributed by atoms with Crippen molar-refractivity contribution >= 4 is 11.6 Å². The van der Waals surface area contributed by atoms with E-state index in [1.807, 2.05) is 0 Å². The van der Waals surface area contributed by atoms with E-state index in [2.05, 4.69) is 10.4 Å². The summed E-state index contributed by atoms with van der Waals surface area (Å²) in [7, 11) is 0. The number of hydrogen-bond acceptors (Lipinski definition) is 5. The quantitative estimate of drug-likeness (QED) is 0.617. The second-order valence-corrected chi connectivity index (χ2v) is 4.78. The number of hydrogen-bond donors (Lipinski definition) is 2. The molecule has 116 valence electrons. The SMILES string of the molecule is C[C@H](CCO)NC(=O)c1ccn(-c2ccccc2[N+](=O)[O-])n1. The molecule has 0 aliphatic heterocycles. The van der Waals surface area contributed by atoms with Crippen molar-refractivity contribution in [2.75, 3.05) is 6.61 Å². The van der Waals surface area contributed by atoms with E-state index in [1.54, 1.807) is 25.1 Å². The van der Waals surface area contributed by atoms with Gasteiger partial charge in [-0.3, -0.25) is 14.9 Å². The normalized spacial score (nSPS) is 11.9. The Morgan fingerprint density at radius 3 is 2.86 bits per heavy atom. The second-order valence-electron chi connectivity index (χ2n) is 4.78. The first-order chi connectivity index (χ1) is 10.5. The molecule has 0 saturated heterocycles. The number of amides is 1. The average molecular weight is 304 g/mol. The zero-order valence-corrected chi connectivity index (χ0v) is 12.0. The van der Waals surface area contributed by atoms with Gasteiger partial charge in [-0.15, -0.1) is 0 Å². The van der Waals surface area contributed by atoms with Crippen LogP contribution in [0.5, 0.6) is 0 Å². The molecule has 0 fully saturated rings. The topological polar surface area (TPSA) is 110 Å². The second kappa shape index (κ2) is 6.81. The predicted octanol–water partition coefficient (Wildman–Crippen LogP) is 1.28. The van der Waals surface area contributed by atoms with E-state index < -0.39 is 10.8 Å².